The Morgan fingerprint density at radius 1 is 1.31 bits per heavy atom. The summed E-state index contributed by atoms with van der Waals surface area (Å²) < 4.78 is 15.3. The van der Waals surface area contributed by atoms with Crippen LogP contribution >= 0.6 is 11.3 Å². The van der Waals surface area contributed by atoms with Crippen LogP contribution in [0.4, 0.5) is 0 Å². The van der Waals surface area contributed by atoms with Crippen molar-refractivity contribution in [3.05, 3.63) is 68.8 Å². The molecule has 0 aliphatic carbocycles. The van der Waals surface area contributed by atoms with Crippen LogP contribution in [0.5, 0.6) is 0 Å². The molecule has 0 spiro atoms. The van der Waals surface area contributed by atoms with Crippen LogP contribution in [-0.4, -0.2) is 49.3 Å². The molecule has 3 rings (SSSR count). The van der Waals surface area contributed by atoms with Crippen LogP contribution in [0.15, 0.2) is 52.0 Å². The number of ether oxygens (including phenoxy) is 2. The van der Waals surface area contributed by atoms with E-state index >= 15 is 0 Å². The average molecular weight is 503 g/mol. The number of aliphatic carboxylic acids is 1. The number of rotatable bonds is 10. The molecule has 0 fully saturated rings. The summed E-state index contributed by atoms with van der Waals surface area (Å²) in [5, 5.41) is 14.8. The fraction of sp³-hybridized carbons (Fsp3) is 0.417. The monoisotopic (exact) mass is 502 g/mol. The van der Waals surface area contributed by atoms with E-state index in [4.69, 9.17) is 9.47 Å². The minimum absolute atomic E-state index is 0.0146. The number of thiophene rings is 1. The van der Waals surface area contributed by atoms with Gasteiger partial charge in [-0.3, -0.25) is 9.36 Å². The van der Waals surface area contributed by atoms with Crippen LogP contribution in [0.2, 0.25) is 0 Å². The lowest BCUT2D eigenvalue weighted by molar-refractivity contribution is -0.140. The van der Waals surface area contributed by atoms with Gasteiger partial charge in [0.25, 0.3) is 5.56 Å². The molecule has 2 atom stereocenters. The third-order valence-corrected chi connectivity index (χ3v) is 7.04. The van der Waals surface area contributed by atoms with Gasteiger partial charge in [-0.25, -0.2) is 18.8 Å². The molecule has 0 aliphatic heterocycles. The van der Waals surface area contributed by atoms with Gasteiger partial charge in [0.2, 0.25) is 0 Å². The van der Waals surface area contributed by atoms with E-state index in [1.807, 2.05) is 13.8 Å². The van der Waals surface area contributed by atoms with E-state index in [0.29, 0.717) is 26.7 Å². The van der Waals surface area contributed by atoms with Crippen molar-refractivity contribution in [1.29, 1.82) is 0 Å². The average Bonchev–Trinajstić information content (AvgIpc) is 3.44. The lowest BCUT2D eigenvalue weighted by Gasteiger charge is -2.25. The number of carbonyl (C=O) groups is 1. The normalized spacial score (nSPS) is 14.1. The smallest absolute Gasteiger partial charge is 0.333 e. The number of aryl methyl sites for hydroxylation is 1. The summed E-state index contributed by atoms with van der Waals surface area (Å²) in [7, 11) is 1.53. The van der Waals surface area contributed by atoms with Crippen LogP contribution in [0.25, 0.3) is 15.2 Å². The maximum absolute atomic E-state index is 13.6. The Balaban J connectivity index is 2.39. The molecular weight excluding hydrogens is 472 g/mol. The molecule has 0 saturated heterocycles. The van der Waals surface area contributed by atoms with E-state index in [2.05, 4.69) is 11.7 Å². The first-order valence-electron chi connectivity index (χ1n) is 11.1. The highest BCUT2D eigenvalue weighted by molar-refractivity contribution is 7.21. The molecule has 3 aromatic heterocycles. The molecule has 10 nitrogen and oxygen atoms in total. The number of hydrogen-bond donors (Lipinski definition) is 1. The van der Waals surface area contributed by atoms with Gasteiger partial charge in [0.05, 0.1) is 30.9 Å². The number of nitrogens with zero attached hydrogens (tertiary/aromatic N) is 4. The Hall–Kier alpha value is -3.44. The van der Waals surface area contributed by atoms with Crippen molar-refractivity contribution in [2.75, 3.05) is 7.11 Å². The van der Waals surface area contributed by atoms with Gasteiger partial charge in [0.1, 0.15) is 22.0 Å². The largest absolute Gasteiger partial charge is 0.501 e. The zero-order valence-corrected chi connectivity index (χ0v) is 21.5. The first kappa shape index (κ1) is 26.2. The zero-order valence-electron chi connectivity index (χ0n) is 20.6. The third kappa shape index (κ3) is 4.87. The summed E-state index contributed by atoms with van der Waals surface area (Å²) >= 11 is 1.23. The minimum atomic E-state index is -1.36. The number of carboxylic acids is 1. The first-order chi connectivity index (χ1) is 16.5. The lowest BCUT2D eigenvalue weighted by Crippen LogP contribution is -2.45. The Bertz CT molecular complexity index is 1390. The minimum Gasteiger partial charge on any atom is -0.501 e. The zero-order chi connectivity index (χ0) is 26.0. The second kappa shape index (κ2) is 10.4. The molecule has 11 heteroatoms. The highest BCUT2D eigenvalue weighted by Gasteiger charge is 2.28. The predicted molar refractivity (Wildman–Crippen MR) is 134 cm³/mol. The number of fused-ring (bicyclic) bond motifs is 1. The van der Waals surface area contributed by atoms with Crippen molar-refractivity contribution in [1.82, 2.24) is 18.9 Å². The van der Waals surface area contributed by atoms with Crippen molar-refractivity contribution >= 4 is 27.5 Å². The number of carboxylic acid groups (broad SMARTS) is 1. The van der Waals surface area contributed by atoms with Crippen molar-refractivity contribution in [2.24, 2.45) is 0 Å². The summed E-state index contributed by atoms with van der Waals surface area (Å²) in [4.78, 5) is 39.3. The standard InChI is InChI=1S/C24H30N4O6S/c1-8-17(16(6)33-7)18(34-13(2)3)12-26-22-19(14(4)21(35-22)27-11-9-10-25-27)20(29)28(24(26)32)15(5)23(30)31/h8-11,13,15,18H,1,12H2,2-7H3,(H,30,31)/b17-16-/t15?,18-/m0/s1. The summed E-state index contributed by atoms with van der Waals surface area (Å²) in [6.45, 7) is 12.5. The molecule has 1 unspecified atom stereocenters. The van der Waals surface area contributed by atoms with E-state index in [-0.39, 0.29) is 18.0 Å². The van der Waals surface area contributed by atoms with Gasteiger partial charge < -0.3 is 14.6 Å². The molecule has 0 amide bonds. The Kier molecular flexibility index (Phi) is 7.81. The Morgan fingerprint density at radius 3 is 2.51 bits per heavy atom. The quantitative estimate of drug-likeness (QED) is 0.334. The maximum Gasteiger partial charge on any atom is 0.333 e. The molecule has 3 heterocycles. The topological polar surface area (TPSA) is 118 Å². The second-order valence-electron chi connectivity index (χ2n) is 8.34. The van der Waals surface area contributed by atoms with Crippen LogP contribution in [0.3, 0.4) is 0 Å². The molecule has 0 saturated carbocycles. The Morgan fingerprint density at radius 2 is 2.00 bits per heavy atom. The number of hydrogen-bond acceptors (Lipinski definition) is 7. The van der Waals surface area contributed by atoms with Crippen molar-refractivity contribution in [3.8, 4) is 5.00 Å². The van der Waals surface area contributed by atoms with E-state index < -0.39 is 29.4 Å². The number of aromatic nitrogens is 4. The SMILES string of the molecule is C=C/C(=C(\C)OC)[C@H](Cn1c(=O)n(C(C)C(=O)O)c(=O)c2c(C)c(-n3cccn3)sc21)OC(C)C. The molecule has 0 bridgehead atoms. The summed E-state index contributed by atoms with van der Waals surface area (Å²) in [5.41, 5.74) is -0.141. The molecule has 188 valence electrons. The molecule has 0 aliphatic rings. The molecule has 1 N–H and O–H groups in total. The van der Waals surface area contributed by atoms with Gasteiger partial charge in [-0.05, 0) is 40.7 Å². The van der Waals surface area contributed by atoms with Gasteiger partial charge >= 0.3 is 11.7 Å². The van der Waals surface area contributed by atoms with Gasteiger partial charge in [-0.1, -0.05) is 24.0 Å². The molecule has 0 aromatic carbocycles. The predicted octanol–water partition coefficient (Wildman–Crippen LogP) is 3.26. The van der Waals surface area contributed by atoms with Crippen molar-refractivity contribution in [3.63, 3.8) is 0 Å². The summed E-state index contributed by atoms with van der Waals surface area (Å²) in [6, 6.07) is 0.390. The fourth-order valence-electron chi connectivity index (χ4n) is 3.90. The van der Waals surface area contributed by atoms with E-state index in [9.17, 15) is 19.5 Å². The van der Waals surface area contributed by atoms with Gasteiger partial charge in [0.15, 0.2) is 0 Å². The van der Waals surface area contributed by atoms with Crippen LogP contribution in [-0.2, 0) is 20.8 Å². The highest BCUT2D eigenvalue weighted by atomic mass is 32.1. The molecular formula is C24H30N4O6S. The van der Waals surface area contributed by atoms with Crippen LogP contribution in [0.1, 0.15) is 39.3 Å². The molecule has 3 aromatic rings. The lowest BCUT2D eigenvalue weighted by atomic mass is 10.1. The van der Waals surface area contributed by atoms with Gasteiger partial charge in [0, 0.05) is 23.5 Å². The van der Waals surface area contributed by atoms with Crippen molar-refractivity contribution < 1.29 is 19.4 Å². The molecule has 35 heavy (non-hydrogen) atoms. The number of allylic oxidation sites excluding steroid dienone is 1. The summed E-state index contributed by atoms with van der Waals surface area (Å²) in [5.74, 6) is -0.714. The van der Waals surface area contributed by atoms with Gasteiger partial charge in [-0.15, -0.1) is 0 Å². The van der Waals surface area contributed by atoms with E-state index in [1.165, 1.54) is 29.9 Å². The first-order valence-corrected chi connectivity index (χ1v) is 11.9. The van der Waals surface area contributed by atoms with Crippen molar-refractivity contribution in [2.45, 2.75) is 59.4 Å². The Labute approximate surface area is 206 Å². The van der Waals surface area contributed by atoms with Crippen LogP contribution in [0, 0.1) is 6.92 Å². The number of methoxy groups -OCH3 is 1. The third-order valence-electron chi connectivity index (χ3n) is 5.74. The van der Waals surface area contributed by atoms with Gasteiger partial charge in [-0.2, -0.15) is 5.10 Å². The molecule has 0 radical (unpaired) electrons. The van der Waals surface area contributed by atoms with E-state index in [1.54, 1.807) is 43.1 Å². The maximum atomic E-state index is 13.6. The van der Waals surface area contributed by atoms with Crippen LogP contribution < -0.4 is 11.2 Å². The summed E-state index contributed by atoms with van der Waals surface area (Å²) in [6.07, 6.45) is 4.13. The highest BCUT2D eigenvalue weighted by Crippen LogP contribution is 2.31. The van der Waals surface area contributed by atoms with E-state index in [0.717, 1.165) is 4.57 Å². The fourth-order valence-corrected chi connectivity index (χ4v) is 5.15. The second-order valence-corrected chi connectivity index (χ2v) is 9.32.